The van der Waals surface area contributed by atoms with Gasteiger partial charge in [0.25, 0.3) is 0 Å². The molecule has 0 spiro atoms. The van der Waals surface area contributed by atoms with Gasteiger partial charge in [-0.1, -0.05) is 148 Å². The zero-order valence-corrected chi connectivity index (χ0v) is 38.5. The third kappa shape index (κ3) is 34.9. The molecular formula is C49H90N2O8. The third-order valence-electron chi connectivity index (χ3n) is 11.0. The number of alkyl carbamates (subject to hydrolysis) is 1. The van der Waals surface area contributed by atoms with E-state index in [2.05, 4.69) is 62.2 Å². The van der Waals surface area contributed by atoms with Crippen LogP contribution in [-0.4, -0.2) is 87.9 Å². The molecule has 1 fully saturated rings. The summed E-state index contributed by atoms with van der Waals surface area (Å²) >= 11 is 0. The van der Waals surface area contributed by atoms with E-state index in [4.69, 9.17) is 23.7 Å². The second kappa shape index (κ2) is 40.9. The van der Waals surface area contributed by atoms with Crippen LogP contribution in [0, 0.1) is 5.92 Å². The van der Waals surface area contributed by atoms with E-state index in [1.54, 1.807) is 0 Å². The highest BCUT2D eigenvalue weighted by Crippen LogP contribution is 2.14. The van der Waals surface area contributed by atoms with Crippen LogP contribution in [0.1, 0.15) is 201 Å². The standard InChI is InChI=1S/C49H90N2O8/c1-5-9-12-15-18-19-20-21-22-23-24-25-26-27-30-33-46(52)57-41-44(43-59-49(54)50-45-36-37-51(8-4)40-45)42-58-47(53)34-35-48(55-38-31-28-16-13-10-6-2)56-39-32-29-17-14-11-7-3/h18-19,21-22,44-45,48H,5-17,20,23-43H2,1-4H3,(H,50,54)/b19-18-,22-21-. The zero-order valence-electron chi connectivity index (χ0n) is 38.5. The molecule has 0 radical (unpaired) electrons. The summed E-state index contributed by atoms with van der Waals surface area (Å²) in [5.41, 5.74) is 0. The number of carbonyl (C=O) groups is 3. The van der Waals surface area contributed by atoms with Crippen molar-refractivity contribution in [1.29, 1.82) is 0 Å². The Morgan fingerprint density at radius 3 is 1.66 bits per heavy atom. The number of ether oxygens (including phenoxy) is 5. The number of esters is 2. The fraction of sp³-hybridized carbons (Fsp3) is 0.857. The molecule has 1 aliphatic heterocycles. The van der Waals surface area contributed by atoms with Crippen molar-refractivity contribution in [3.05, 3.63) is 24.3 Å². The zero-order chi connectivity index (χ0) is 42.9. The first-order valence-electron chi connectivity index (χ1n) is 24.4. The van der Waals surface area contributed by atoms with E-state index in [0.29, 0.717) is 26.1 Å². The fourth-order valence-corrected chi connectivity index (χ4v) is 7.08. The maximum Gasteiger partial charge on any atom is 0.407 e. The molecule has 0 saturated carbocycles. The van der Waals surface area contributed by atoms with Crippen LogP contribution in [0.3, 0.4) is 0 Å². The Balaban J connectivity index is 2.51. The number of nitrogens with zero attached hydrogens (tertiary/aromatic N) is 1. The van der Waals surface area contributed by atoms with E-state index < -0.39 is 18.3 Å². The Morgan fingerprint density at radius 1 is 0.593 bits per heavy atom. The molecule has 0 aromatic carbocycles. The average molecular weight is 835 g/mol. The summed E-state index contributed by atoms with van der Waals surface area (Å²) in [5, 5.41) is 2.95. The predicted molar refractivity (Wildman–Crippen MR) is 241 cm³/mol. The molecule has 1 N–H and O–H groups in total. The lowest BCUT2D eigenvalue weighted by Crippen LogP contribution is -2.38. The van der Waals surface area contributed by atoms with Crippen LogP contribution in [-0.2, 0) is 33.3 Å². The maximum atomic E-state index is 13.0. The van der Waals surface area contributed by atoms with Gasteiger partial charge in [-0.25, -0.2) is 4.79 Å². The van der Waals surface area contributed by atoms with Crippen LogP contribution in [0.5, 0.6) is 0 Å². The highest BCUT2D eigenvalue weighted by atomic mass is 16.7. The van der Waals surface area contributed by atoms with Gasteiger partial charge in [-0.05, 0) is 64.3 Å². The summed E-state index contributed by atoms with van der Waals surface area (Å²) in [6.07, 6.45) is 36.3. The average Bonchev–Trinajstić information content (AvgIpc) is 3.70. The number of likely N-dealkylation sites (tertiary alicyclic amines) is 1. The van der Waals surface area contributed by atoms with Gasteiger partial charge in [0.1, 0.15) is 19.8 Å². The lowest BCUT2D eigenvalue weighted by molar-refractivity contribution is -0.161. The molecule has 1 rings (SSSR count). The molecule has 10 heteroatoms. The molecular weight excluding hydrogens is 745 g/mol. The van der Waals surface area contributed by atoms with Gasteiger partial charge >= 0.3 is 18.0 Å². The molecule has 0 aliphatic carbocycles. The molecule has 1 aliphatic rings. The second-order valence-corrected chi connectivity index (χ2v) is 16.6. The van der Waals surface area contributed by atoms with Crippen molar-refractivity contribution in [3.63, 3.8) is 0 Å². The van der Waals surface area contributed by atoms with Crippen LogP contribution in [0.15, 0.2) is 24.3 Å². The Morgan fingerprint density at radius 2 is 1.08 bits per heavy atom. The summed E-state index contributed by atoms with van der Waals surface area (Å²) in [4.78, 5) is 40.6. The molecule has 344 valence electrons. The predicted octanol–water partition coefficient (Wildman–Crippen LogP) is 12.2. The number of amides is 1. The normalized spacial score (nSPS) is 15.1. The molecule has 1 heterocycles. The lowest BCUT2D eigenvalue weighted by atomic mass is 10.1. The van der Waals surface area contributed by atoms with Gasteiger partial charge in [0, 0.05) is 45.2 Å². The first kappa shape index (κ1) is 54.6. The van der Waals surface area contributed by atoms with Crippen molar-refractivity contribution in [2.24, 2.45) is 5.92 Å². The fourth-order valence-electron chi connectivity index (χ4n) is 7.08. The van der Waals surface area contributed by atoms with E-state index >= 15 is 0 Å². The number of carbonyl (C=O) groups excluding carboxylic acids is 3. The van der Waals surface area contributed by atoms with Crippen LogP contribution in [0.25, 0.3) is 0 Å². The van der Waals surface area contributed by atoms with Crippen LogP contribution >= 0.6 is 0 Å². The Bertz CT molecular complexity index is 1040. The second-order valence-electron chi connectivity index (χ2n) is 16.6. The number of unbranched alkanes of at least 4 members (excludes halogenated alkanes) is 18. The molecule has 1 saturated heterocycles. The van der Waals surface area contributed by atoms with Crippen LogP contribution < -0.4 is 5.32 Å². The number of hydrogen-bond donors (Lipinski definition) is 1. The smallest absolute Gasteiger partial charge is 0.407 e. The topological polar surface area (TPSA) is 113 Å². The molecule has 0 bridgehead atoms. The Hall–Kier alpha value is -2.43. The monoisotopic (exact) mass is 835 g/mol. The van der Waals surface area contributed by atoms with E-state index in [9.17, 15) is 14.4 Å². The number of allylic oxidation sites excluding steroid dienone is 4. The number of hydrogen-bond acceptors (Lipinski definition) is 9. The lowest BCUT2D eigenvalue weighted by Gasteiger charge is -2.20. The minimum Gasteiger partial charge on any atom is -0.465 e. The summed E-state index contributed by atoms with van der Waals surface area (Å²) in [6, 6.07) is 0.0415. The summed E-state index contributed by atoms with van der Waals surface area (Å²) in [7, 11) is 0. The van der Waals surface area contributed by atoms with Gasteiger partial charge in [-0.15, -0.1) is 0 Å². The largest absolute Gasteiger partial charge is 0.465 e. The highest BCUT2D eigenvalue weighted by Gasteiger charge is 2.24. The van der Waals surface area contributed by atoms with Crippen molar-refractivity contribution in [2.45, 2.75) is 213 Å². The minimum atomic E-state index is -0.506. The van der Waals surface area contributed by atoms with Gasteiger partial charge in [0.2, 0.25) is 0 Å². The van der Waals surface area contributed by atoms with Gasteiger partial charge in [0.05, 0.1) is 12.3 Å². The molecule has 2 atom stereocenters. The summed E-state index contributed by atoms with van der Waals surface area (Å²) in [6.45, 7) is 12.7. The third-order valence-corrected chi connectivity index (χ3v) is 11.0. The molecule has 2 unspecified atom stereocenters. The summed E-state index contributed by atoms with van der Waals surface area (Å²) in [5.74, 6) is -1.13. The first-order chi connectivity index (χ1) is 28.9. The molecule has 0 aromatic heterocycles. The number of likely N-dealkylation sites (N-methyl/N-ethyl adjacent to an activating group) is 1. The highest BCUT2D eigenvalue weighted by molar-refractivity contribution is 5.70. The van der Waals surface area contributed by atoms with E-state index in [0.717, 1.165) is 96.7 Å². The van der Waals surface area contributed by atoms with Crippen molar-refractivity contribution in [2.75, 3.05) is 52.7 Å². The van der Waals surface area contributed by atoms with Crippen molar-refractivity contribution >= 4 is 18.0 Å². The van der Waals surface area contributed by atoms with Crippen LogP contribution in [0.2, 0.25) is 0 Å². The molecule has 1 amide bonds. The Kier molecular flexibility index (Phi) is 37.9. The maximum absolute atomic E-state index is 13.0. The van der Waals surface area contributed by atoms with Crippen molar-refractivity contribution < 1.29 is 38.1 Å². The van der Waals surface area contributed by atoms with E-state index in [1.165, 1.54) is 77.0 Å². The molecule has 0 aromatic rings. The first-order valence-corrected chi connectivity index (χ1v) is 24.4. The quantitative estimate of drug-likeness (QED) is 0.0211. The SMILES string of the molecule is CCCCC/C=C\C/C=C\CCCCCCCC(=O)OCC(COC(=O)CCC(OCCCCCCCC)OCCCCCCCC)COC(=O)NC1CCN(CC)C1. The van der Waals surface area contributed by atoms with Crippen molar-refractivity contribution in [3.8, 4) is 0 Å². The van der Waals surface area contributed by atoms with Crippen molar-refractivity contribution in [1.82, 2.24) is 10.2 Å². The van der Waals surface area contributed by atoms with Gasteiger partial charge < -0.3 is 33.9 Å². The van der Waals surface area contributed by atoms with Crippen LogP contribution in [0.4, 0.5) is 4.79 Å². The van der Waals surface area contributed by atoms with E-state index in [-0.39, 0.29) is 44.2 Å². The van der Waals surface area contributed by atoms with E-state index in [1.807, 2.05) is 0 Å². The Labute approximate surface area is 361 Å². The molecule has 10 nitrogen and oxygen atoms in total. The van der Waals surface area contributed by atoms with Gasteiger partial charge in [-0.3, -0.25) is 9.59 Å². The number of rotatable bonds is 41. The molecule has 59 heavy (non-hydrogen) atoms. The van der Waals surface area contributed by atoms with Gasteiger partial charge in [-0.2, -0.15) is 0 Å². The summed E-state index contributed by atoms with van der Waals surface area (Å²) < 4.78 is 29.0. The minimum absolute atomic E-state index is 0.0120. The van der Waals surface area contributed by atoms with Gasteiger partial charge in [0.15, 0.2) is 6.29 Å². The number of nitrogens with one attached hydrogen (secondary N) is 1.